The third-order valence-electron chi connectivity index (χ3n) is 3.47. The Bertz CT molecular complexity index is 493. The minimum atomic E-state index is -0.0740. The number of rotatable bonds is 8. The van der Waals surface area contributed by atoms with Crippen molar-refractivity contribution in [2.24, 2.45) is 0 Å². The Balaban J connectivity index is 1.86. The van der Waals surface area contributed by atoms with Crippen LogP contribution < -0.4 is 5.32 Å². The van der Waals surface area contributed by atoms with Crippen molar-refractivity contribution in [3.63, 3.8) is 0 Å². The minimum Gasteiger partial charge on any atom is -0.396 e. The van der Waals surface area contributed by atoms with Crippen LogP contribution in [0.3, 0.4) is 0 Å². The number of nitrogens with one attached hydrogen (secondary N) is 1. The lowest BCUT2D eigenvalue weighted by Gasteiger charge is -2.21. The number of aliphatic hydroxyl groups excluding tert-OH is 1. The Hall–Kier alpha value is -0.810. The maximum atomic E-state index is 12.1. The molecule has 6 heteroatoms. The number of aliphatic hydroxyl groups is 1. The first-order chi connectivity index (χ1) is 10.1. The van der Waals surface area contributed by atoms with E-state index < -0.39 is 0 Å². The number of carbonyl (C=O) groups excluding carboxylic acids is 1. The molecule has 0 saturated heterocycles. The molecule has 2 rings (SSSR count). The van der Waals surface area contributed by atoms with Crippen LogP contribution in [0, 0.1) is 0 Å². The Morgan fingerprint density at radius 3 is 2.71 bits per heavy atom. The normalized spacial score (nSPS) is 14.5. The highest BCUT2D eigenvalue weighted by molar-refractivity contribution is 6.36. The monoisotopic (exact) mass is 330 g/mol. The van der Waals surface area contributed by atoms with Crippen molar-refractivity contribution in [2.45, 2.75) is 31.7 Å². The molecule has 1 saturated carbocycles. The van der Waals surface area contributed by atoms with Crippen LogP contribution in [0.5, 0.6) is 0 Å². The van der Waals surface area contributed by atoms with E-state index in [1.54, 1.807) is 18.2 Å². The molecule has 21 heavy (non-hydrogen) atoms. The molecule has 1 aromatic rings. The second kappa shape index (κ2) is 7.99. The summed E-state index contributed by atoms with van der Waals surface area (Å²) in [5.74, 6) is -0.0740. The predicted molar refractivity (Wildman–Crippen MR) is 86.0 cm³/mol. The lowest BCUT2D eigenvalue weighted by molar-refractivity contribution is -0.117. The number of carbonyl (C=O) groups is 1. The third kappa shape index (κ3) is 5.47. The van der Waals surface area contributed by atoms with E-state index in [0.717, 1.165) is 32.2 Å². The third-order valence-corrected chi connectivity index (χ3v) is 4.02. The van der Waals surface area contributed by atoms with E-state index in [4.69, 9.17) is 28.3 Å². The van der Waals surface area contributed by atoms with Crippen molar-refractivity contribution >= 4 is 34.8 Å². The topological polar surface area (TPSA) is 52.6 Å². The molecule has 0 aliphatic heterocycles. The standard InChI is InChI=1S/C15H20Cl2N2O2/c16-11-3-6-14(13(17)9-11)18-15(21)10-19(12-4-5-12)7-1-2-8-20/h3,6,9,12,20H,1-2,4-5,7-8,10H2,(H,18,21). The molecule has 4 nitrogen and oxygen atoms in total. The van der Waals surface area contributed by atoms with Crippen LogP contribution in [0.25, 0.3) is 0 Å². The lowest BCUT2D eigenvalue weighted by Crippen LogP contribution is -2.35. The van der Waals surface area contributed by atoms with Gasteiger partial charge in [-0.05, 0) is 50.4 Å². The van der Waals surface area contributed by atoms with Gasteiger partial charge in [0.15, 0.2) is 0 Å². The summed E-state index contributed by atoms with van der Waals surface area (Å²) in [6, 6.07) is 5.52. The Kier molecular flexibility index (Phi) is 6.30. The van der Waals surface area contributed by atoms with Gasteiger partial charge in [0.25, 0.3) is 0 Å². The highest BCUT2D eigenvalue weighted by Crippen LogP contribution is 2.28. The minimum absolute atomic E-state index is 0.0740. The maximum absolute atomic E-state index is 12.1. The van der Waals surface area contributed by atoms with E-state index >= 15 is 0 Å². The zero-order chi connectivity index (χ0) is 15.2. The summed E-state index contributed by atoms with van der Waals surface area (Å²) in [6.45, 7) is 1.40. The number of halogens is 2. The summed E-state index contributed by atoms with van der Waals surface area (Å²) < 4.78 is 0. The van der Waals surface area contributed by atoms with Gasteiger partial charge in [0.1, 0.15) is 0 Å². The number of benzene rings is 1. The highest BCUT2D eigenvalue weighted by atomic mass is 35.5. The molecule has 1 aromatic carbocycles. The molecule has 1 amide bonds. The average Bonchev–Trinajstić information content (AvgIpc) is 3.25. The summed E-state index contributed by atoms with van der Waals surface area (Å²) >= 11 is 11.9. The number of unbranched alkanes of at least 4 members (excludes halogenated alkanes) is 1. The van der Waals surface area contributed by atoms with E-state index in [1.807, 2.05) is 0 Å². The van der Waals surface area contributed by atoms with Gasteiger partial charge in [-0.3, -0.25) is 9.69 Å². The Morgan fingerprint density at radius 1 is 1.33 bits per heavy atom. The average molecular weight is 331 g/mol. The molecule has 0 heterocycles. The summed E-state index contributed by atoms with van der Waals surface area (Å²) in [5.41, 5.74) is 0.581. The zero-order valence-electron chi connectivity index (χ0n) is 11.8. The van der Waals surface area contributed by atoms with Gasteiger partial charge < -0.3 is 10.4 Å². The molecule has 116 valence electrons. The molecule has 0 aromatic heterocycles. The fraction of sp³-hybridized carbons (Fsp3) is 0.533. The van der Waals surface area contributed by atoms with Crippen molar-refractivity contribution in [3.05, 3.63) is 28.2 Å². The van der Waals surface area contributed by atoms with Crippen LogP contribution in [0.1, 0.15) is 25.7 Å². The number of amides is 1. The molecular formula is C15H20Cl2N2O2. The van der Waals surface area contributed by atoms with Crippen molar-refractivity contribution in [2.75, 3.05) is 25.0 Å². The first-order valence-electron chi connectivity index (χ1n) is 7.20. The van der Waals surface area contributed by atoms with Crippen LogP contribution >= 0.6 is 23.2 Å². The summed E-state index contributed by atoms with van der Waals surface area (Å²) in [7, 11) is 0. The first kappa shape index (κ1) is 16.6. The van der Waals surface area contributed by atoms with E-state index in [2.05, 4.69) is 10.2 Å². The maximum Gasteiger partial charge on any atom is 0.238 e. The molecule has 0 atom stereocenters. The molecular weight excluding hydrogens is 311 g/mol. The van der Waals surface area contributed by atoms with E-state index in [0.29, 0.717) is 28.3 Å². The molecule has 0 spiro atoms. The van der Waals surface area contributed by atoms with Gasteiger partial charge in [-0.15, -0.1) is 0 Å². The first-order valence-corrected chi connectivity index (χ1v) is 7.95. The van der Waals surface area contributed by atoms with E-state index in [9.17, 15) is 4.79 Å². The largest absolute Gasteiger partial charge is 0.396 e. The molecule has 0 unspecified atom stereocenters. The second-order valence-electron chi connectivity index (χ2n) is 5.30. The number of hydrogen-bond donors (Lipinski definition) is 2. The number of hydrogen-bond acceptors (Lipinski definition) is 3. The Labute approximate surface area is 135 Å². The smallest absolute Gasteiger partial charge is 0.238 e. The van der Waals surface area contributed by atoms with Gasteiger partial charge in [0.2, 0.25) is 5.91 Å². The SMILES string of the molecule is O=C(CN(CCCCO)C1CC1)Nc1ccc(Cl)cc1Cl. The highest BCUT2D eigenvalue weighted by Gasteiger charge is 2.29. The van der Waals surface area contributed by atoms with Gasteiger partial charge in [-0.1, -0.05) is 23.2 Å². The molecule has 1 aliphatic rings. The van der Waals surface area contributed by atoms with Crippen molar-refractivity contribution < 1.29 is 9.90 Å². The van der Waals surface area contributed by atoms with E-state index in [1.165, 1.54) is 0 Å². The number of anilines is 1. The quantitative estimate of drug-likeness (QED) is 0.720. The molecule has 2 N–H and O–H groups in total. The van der Waals surface area contributed by atoms with Gasteiger partial charge in [-0.2, -0.15) is 0 Å². The summed E-state index contributed by atoms with van der Waals surface area (Å²) in [6.07, 6.45) is 3.97. The van der Waals surface area contributed by atoms with E-state index in [-0.39, 0.29) is 12.5 Å². The second-order valence-corrected chi connectivity index (χ2v) is 6.15. The molecule has 0 bridgehead atoms. The zero-order valence-corrected chi connectivity index (χ0v) is 13.3. The van der Waals surface area contributed by atoms with Crippen LogP contribution in [0.15, 0.2) is 18.2 Å². The van der Waals surface area contributed by atoms with Gasteiger partial charge in [0, 0.05) is 17.7 Å². The van der Waals surface area contributed by atoms with Gasteiger partial charge in [-0.25, -0.2) is 0 Å². The molecule has 1 aliphatic carbocycles. The van der Waals surface area contributed by atoms with Crippen LogP contribution in [0.2, 0.25) is 10.0 Å². The van der Waals surface area contributed by atoms with Gasteiger partial charge in [0.05, 0.1) is 17.3 Å². The van der Waals surface area contributed by atoms with Crippen LogP contribution in [-0.4, -0.2) is 41.7 Å². The van der Waals surface area contributed by atoms with Crippen molar-refractivity contribution in [1.29, 1.82) is 0 Å². The lowest BCUT2D eigenvalue weighted by atomic mass is 10.3. The predicted octanol–water partition coefficient (Wildman–Crippen LogP) is 3.17. The summed E-state index contributed by atoms with van der Waals surface area (Å²) in [5, 5.41) is 12.6. The van der Waals surface area contributed by atoms with Crippen LogP contribution in [0.4, 0.5) is 5.69 Å². The summed E-state index contributed by atoms with van der Waals surface area (Å²) in [4.78, 5) is 14.3. The van der Waals surface area contributed by atoms with Crippen molar-refractivity contribution in [3.8, 4) is 0 Å². The fourth-order valence-electron chi connectivity index (χ4n) is 2.22. The fourth-order valence-corrected chi connectivity index (χ4v) is 2.68. The van der Waals surface area contributed by atoms with Gasteiger partial charge >= 0.3 is 0 Å². The van der Waals surface area contributed by atoms with Crippen molar-refractivity contribution in [1.82, 2.24) is 4.90 Å². The van der Waals surface area contributed by atoms with Crippen LogP contribution in [-0.2, 0) is 4.79 Å². The molecule has 0 radical (unpaired) electrons. The Morgan fingerprint density at radius 2 is 2.10 bits per heavy atom. The molecule has 1 fully saturated rings. The number of nitrogens with zero attached hydrogens (tertiary/aromatic N) is 1.